The van der Waals surface area contributed by atoms with Gasteiger partial charge in [-0.05, 0) is 36.0 Å². The lowest BCUT2D eigenvalue weighted by Crippen LogP contribution is -2.57. The number of hydrogen-bond acceptors (Lipinski definition) is 4. The largest absolute Gasteiger partial charge is 0.492 e. The van der Waals surface area contributed by atoms with Crippen LogP contribution in [-0.4, -0.2) is 37.8 Å². The van der Waals surface area contributed by atoms with Crippen molar-refractivity contribution in [2.24, 2.45) is 5.73 Å². The maximum atomic E-state index is 12.2. The number of nitrogens with two attached hydrogens (primary N) is 1. The van der Waals surface area contributed by atoms with Crippen LogP contribution in [0.5, 0.6) is 5.75 Å². The molecule has 1 heterocycles. The second-order valence-electron chi connectivity index (χ2n) is 7.15. The molecule has 0 bridgehead atoms. The zero-order chi connectivity index (χ0) is 16.9. The van der Waals surface area contributed by atoms with Crippen LogP contribution in [0.25, 0.3) is 0 Å². The predicted molar refractivity (Wildman–Crippen MR) is 97.9 cm³/mol. The third-order valence-electron chi connectivity index (χ3n) is 4.19. The third-order valence-corrected chi connectivity index (χ3v) is 4.19. The molecule has 0 unspecified atom stereocenters. The average Bonchev–Trinajstić information content (AvgIpc) is 2.51. The van der Waals surface area contributed by atoms with Gasteiger partial charge in [0.05, 0.1) is 12.1 Å². The summed E-state index contributed by atoms with van der Waals surface area (Å²) in [5.41, 5.74) is 6.64. The molecule has 0 radical (unpaired) electrons. The summed E-state index contributed by atoms with van der Waals surface area (Å²) in [6.45, 7) is 8.45. The second kappa shape index (κ2) is 8.70. The zero-order valence-electron chi connectivity index (χ0n) is 14.8. The van der Waals surface area contributed by atoms with Crippen molar-refractivity contribution in [1.29, 1.82) is 0 Å². The molecule has 0 saturated carbocycles. The fourth-order valence-electron chi connectivity index (χ4n) is 2.52. The molecule has 1 aliphatic heterocycles. The molecule has 136 valence electrons. The molecule has 1 aromatic carbocycles. The maximum Gasteiger partial charge on any atom is 0.240 e. The summed E-state index contributed by atoms with van der Waals surface area (Å²) in [7, 11) is 0. The lowest BCUT2D eigenvalue weighted by molar-refractivity contribution is -0.129. The van der Waals surface area contributed by atoms with Gasteiger partial charge in [-0.25, -0.2) is 0 Å². The van der Waals surface area contributed by atoms with Crippen molar-refractivity contribution in [2.45, 2.75) is 44.6 Å². The Labute approximate surface area is 150 Å². The molecule has 1 saturated heterocycles. The van der Waals surface area contributed by atoms with Crippen LogP contribution in [0.1, 0.15) is 39.2 Å². The van der Waals surface area contributed by atoms with Gasteiger partial charge in [-0.15, -0.1) is 12.4 Å². The van der Waals surface area contributed by atoms with E-state index in [2.05, 4.69) is 32.2 Å². The highest BCUT2D eigenvalue weighted by atomic mass is 35.5. The van der Waals surface area contributed by atoms with Gasteiger partial charge in [0.1, 0.15) is 12.4 Å². The van der Waals surface area contributed by atoms with Gasteiger partial charge in [-0.1, -0.05) is 32.9 Å². The van der Waals surface area contributed by atoms with Gasteiger partial charge in [-0.3, -0.25) is 4.79 Å². The van der Waals surface area contributed by atoms with Gasteiger partial charge in [0.15, 0.2) is 0 Å². The van der Waals surface area contributed by atoms with E-state index in [1.165, 1.54) is 5.56 Å². The molecule has 1 aliphatic rings. The Kier molecular flexibility index (Phi) is 7.52. The molecule has 3 N–H and O–H groups in total. The molecular formula is C18H29ClN2O3. The number of benzene rings is 1. The number of carbonyl (C=O) groups excluding carboxylic acids is 1. The molecule has 5 nitrogen and oxygen atoms in total. The van der Waals surface area contributed by atoms with Crippen molar-refractivity contribution < 1.29 is 14.3 Å². The first kappa shape index (κ1) is 20.7. The van der Waals surface area contributed by atoms with Gasteiger partial charge in [0.2, 0.25) is 5.91 Å². The Morgan fingerprint density at radius 2 is 2.00 bits per heavy atom. The number of rotatable bonds is 5. The van der Waals surface area contributed by atoms with Crippen molar-refractivity contribution in [3.63, 3.8) is 0 Å². The van der Waals surface area contributed by atoms with E-state index in [1.54, 1.807) is 0 Å². The Morgan fingerprint density at radius 1 is 1.33 bits per heavy atom. The van der Waals surface area contributed by atoms with Crippen molar-refractivity contribution in [3.05, 3.63) is 29.8 Å². The molecule has 0 aliphatic carbocycles. The predicted octanol–water partition coefficient (Wildman–Crippen LogP) is 2.41. The normalized spacial score (nSPS) is 16.8. The fraction of sp³-hybridized carbons (Fsp3) is 0.611. The standard InChI is InChI=1S/C18H28N2O3.ClH/c1-17(2,3)14-5-4-6-15(13-14)23-12-9-20-16(21)18(19)7-10-22-11-8-18;/h4-6,13H,7-12,19H2,1-3H3,(H,20,21);1H. The second-order valence-corrected chi connectivity index (χ2v) is 7.15. The molecule has 1 fully saturated rings. The van der Waals surface area contributed by atoms with Crippen molar-refractivity contribution in [1.82, 2.24) is 5.32 Å². The SMILES string of the molecule is CC(C)(C)c1cccc(OCCNC(=O)C2(N)CCOCC2)c1.Cl. The number of carbonyl (C=O) groups is 1. The van der Waals surface area contributed by atoms with Crippen LogP contribution in [0.15, 0.2) is 24.3 Å². The van der Waals surface area contributed by atoms with E-state index in [4.69, 9.17) is 15.2 Å². The van der Waals surface area contributed by atoms with E-state index in [9.17, 15) is 4.79 Å². The van der Waals surface area contributed by atoms with Crippen LogP contribution in [0.2, 0.25) is 0 Å². The summed E-state index contributed by atoms with van der Waals surface area (Å²) < 4.78 is 11.0. The van der Waals surface area contributed by atoms with E-state index < -0.39 is 5.54 Å². The third kappa shape index (κ3) is 5.65. The lowest BCUT2D eigenvalue weighted by Gasteiger charge is -2.31. The van der Waals surface area contributed by atoms with E-state index in [0.29, 0.717) is 39.2 Å². The van der Waals surface area contributed by atoms with Crippen LogP contribution in [0.4, 0.5) is 0 Å². The summed E-state index contributed by atoms with van der Waals surface area (Å²) in [6.07, 6.45) is 1.13. The minimum atomic E-state index is -0.801. The van der Waals surface area contributed by atoms with Crippen LogP contribution in [0.3, 0.4) is 0 Å². The number of ether oxygens (including phenoxy) is 2. The Bertz CT molecular complexity index is 537. The van der Waals surface area contributed by atoms with E-state index in [1.807, 2.05) is 18.2 Å². The molecule has 1 amide bonds. The van der Waals surface area contributed by atoms with E-state index in [-0.39, 0.29) is 23.7 Å². The Hall–Kier alpha value is -1.30. The van der Waals surface area contributed by atoms with Gasteiger partial charge < -0.3 is 20.5 Å². The van der Waals surface area contributed by atoms with Crippen molar-refractivity contribution in [3.8, 4) is 5.75 Å². The first-order valence-corrected chi connectivity index (χ1v) is 8.19. The maximum absolute atomic E-state index is 12.2. The first-order valence-electron chi connectivity index (χ1n) is 8.19. The summed E-state index contributed by atoms with van der Waals surface area (Å²) in [5.74, 6) is 0.702. The molecule has 6 heteroatoms. The van der Waals surface area contributed by atoms with E-state index >= 15 is 0 Å². The van der Waals surface area contributed by atoms with Crippen LogP contribution >= 0.6 is 12.4 Å². The zero-order valence-corrected chi connectivity index (χ0v) is 15.6. The number of nitrogens with one attached hydrogen (secondary N) is 1. The summed E-state index contributed by atoms with van der Waals surface area (Å²) >= 11 is 0. The van der Waals surface area contributed by atoms with Crippen LogP contribution in [-0.2, 0) is 14.9 Å². The summed E-state index contributed by atoms with van der Waals surface area (Å²) in [4.78, 5) is 12.2. The molecule has 0 spiro atoms. The summed E-state index contributed by atoms with van der Waals surface area (Å²) in [5, 5.41) is 2.86. The highest BCUT2D eigenvalue weighted by molar-refractivity contribution is 5.86. The Morgan fingerprint density at radius 3 is 2.62 bits per heavy atom. The number of hydrogen-bond donors (Lipinski definition) is 2. The average molecular weight is 357 g/mol. The first-order chi connectivity index (χ1) is 10.8. The highest BCUT2D eigenvalue weighted by Gasteiger charge is 2.35. The fourth-order valence-corrected chi connectivity index (χ4v) is 2.52. The molecular weight excluding hydrogens is 328 g/mol. The lowest BCUT2D eigenvalue weighted by atomic mass is 9.87. The number of amides is 1. The minimum Gasteiger partial charge on any atom is -0.492 e. The minimum absolute atomic E-state index is 0. The quantitative estimate of drug-likeness (QED) is 0.794. The molecule has 2 rings (SSSR count). The molecule has 1 aromatic rings. The summed E-state index contributed by atoms with van der Waals surface area (Å²) in [6, 6.07) is 8.06. The monoisotopic (exact) mass is 356 g/mol. The van der Waals surface area contributed by atoms with Gasteiger partial charge in [0, 0.05) is 13.2 Å². The molecule has 0 atom stereocenters. The van der Waals surface area contributed by atoms with Gasteiger partial charge in [-0.2, -0.15) is 0 Å². The van der Waals surface area contributed by atoms with Gasteiger partial charge in [0.25, 0.3) is 0 Å². The van der Waals surface area contributed by atoms with Crippen LogP contribution in [0, 0.1) is 0 Å². The smallest absolute Gasteiger partial charge is 0.240 e. The van der Waals surface area contributed by atoms with Crippen molar-refractivity contribution in [2.75, 3.05) is 26.4 Å². The number of halogens is 1. The Balaban J connectivity index is 0.00000288. The van der Waals surface area contributed by atoms with Crippen molar-refractivity contribution >= 4 is 18.3 Å². The highest BCUT2D eigenvalue weighted by Crippen LogP contribution is 2.25. The topological polar surface area (TPSA) is 73.6 Å². The van der Waals surface area contributed by atoms with E-state index in [0.717, 1.165) is 5.75 Å². The van der Waals surface area contributed by atoms with Gasteiger partial charge >= 0.3 is 0 Å². The molecule has 24 heavy (non-hydrogen) atoms. The van der Waals surface area contributed by atoms with Crippen LogP contribution < -0.4 is 15.8 Å². The molecule has 0 aromatic heterocycles.